The Morgan fingerprint density at radius 2 is 1.93 bits per heavy atom. The zero-order valence-electron chi connectivity index (χ0n) is 9.46. The zero-order valence-corrected chi connectivity index (χ0v) is 9.46. The van der Waals surface area contributed by atoms with E-state index in [1.807, 2.05) is 0 Å². The van der Waals surface area contributed by atoms with Crippen LogP contribution in [-0.2, 0) is 4.74 Å². The highest BCUT2D eigenvalue weighted by Gasteiger charge is 2.40. The topological polar surface area (TPSA) is 15.7 Å². The highest BCUT2D eigenvalue weighted by atomic mass is 16.5. The van der Waals surface area contributed by atoms with E-state index in [0.29, 0.717) is 5.54 Å². The average Bonchev–Trinajstić information content (AvgIpc) is 2.23. The fourth-order valence-corrected chi connectivity index (χ4v) is 2.75. The maximum atomic E-state index is 5.67. The number of likely N-dealkylation sites (N-methyl/N-ethyl adjacent to an activating group) is 1. The van der Waals surface area contributed by atoms with Gasteiger partial charge in [-0.3, -0.25) is 4.90 Å². The predicted molar refractivity (Wildman–Crippen MR) is 57.5 cm³/mol. The Bertz CT molecular complexity index is 188. The molecule has 82 valence electrons. The molecule has 2 aliphatic rings. The molecule has 0 N–H and O–H groups in total. The van der Waals surface area contributed by atoms with E-state index < -0.39 is 0 Å². The summed E-state index contributed by atoms with van der Waals surface area (Å²) < 4.78 is 5.67. The minimum absolute atomic E-state index is 0.375. The van der Waals surface area contributed by atoms with Crippen LogP contribution in [0.2, 0.25) is 0 Å². The zero-order chi connectivity index (χ0) is 10.0. The molecule has 3 heteroatoms. The van der Waals surface area contributed by atoms with Gasteiger partial charge in [0.25, 0.3) is 0 Å². The molecule has 0 amide bonds. The molecular weight excluding hydrogens is 176 g/mol. The first-order valence-electron chi connectivity index (χ1n) is 5.78. The van der Waals surface area contributed by atoms with Gasteiger partial charge in [0.15, 0.2) is 0 Å². The summed E-state index contributed by atoms with van der Waals surface area (Å²) in [5.41, 5.74) is 0.375. The van der Waals surface area contributed by atoms with Gasteiger partial charge in [0.1, 0.15) is 0 Å². The minimum atomic E-state index is 0.375. The summed E-state index contributed by atoms with van der Waals surface area (Å²) in [6.07, 6.45) is 2.55. The second-order valence-corrected chi connectivity index (χ2v) is 4.66. The van der Waals surface area contributed by atoms with Gasteiger partial charge >= 0.3 is 0 Å². The highest BCUT2D eigenvalue weighted by Crippen LogP contribution is 2.30. The van der Waals surface area contributed by atoms with Crippen molar-refractivity contribution in [2.75, 3.05) is 46.4 Å². The van der Waals surface area contributed by atoms with E-state index in [1.54, 1.807) is 0 Å². The van der Waals surface area contributed by atoms with Gasteiger partial charge in [-0.1, -0.05) is 6.92 Å². The molecule has 2 aliphatic heterocycles. The summed E-state index contributed by atoms with van der Waals surface area (Å²) in [5.74, 6) is 0. The summed E-state index contributed by atoms with van der Waals surface area (Å²) in [6, 6.07) is 0. The number of hydrogen-bond donors (Lipinski definition) is 0. The van der Waals surface area contributed by atoms with Crippen LogP contribution < -0.4 is 0 Å². The van der Waals surface area contributed by atoms with Gasteiger partial charge in [0, 0.05) is 12.1 Å². The Hall–Kier alpha value is -0.120. The van der Waals surface area contributed by atoms with Gasteiger partial charge in [0.05, 0.1) is 13.2 Å². The first-order chi connectivity index (χ1) is 6.77. The second kappa shape index (κ2) is 4.17. The first kappa shape index (κ1) is 10.4. The standard InChI is InChI=1S/C11H22N2O/c1-3-13-8-9-14-10-11(13)4-6-12(2)7-5-11/h3-10H2,1-2H3. The van der Waals surface area contributed by atoms with Crippen LogP contribution in [0.3, 0.4) is 0 Å². The van der Waals surface area contributed by atoms with Crippen LogP contribution in [0.4, 0.5) is 0 Å². The lowest BCUT2D eigenvalue weighted by molar-refractivity contribution is -0.0903. The molecule has 2 heterocycles. The monoisotopic (exact) mass is 198 g/mol. The summed E-state index contributed by atoms with van der Waals surface area (Å²) in [7, 11) is 2.22. The third-order valence-electron chi connectivity index (χ3n) is 3.85. The van der Waals surface area contributed by atoms with Crippen LogP contribution in [0.5, 0.6) is 0 Å². The Morgan fingerprint density at radius 3 is 2.57 bits per heavy atom. The van der Waals surface area contributed by atoms with E-state index in [0.717, 1.165) is 19.8 Å². The van der Waals surface area contributed by atoms with Crippen molar-refractivity contribution in [1.29, 1.82) is 0 Å². The van der Waals surface area contributed by atoms with Gasteiger partial charge < -0.3 is 9.64 Å². The highest BCUT2D eigenvalue weighted by molar-refractivity contribution is 4.96. The molecule has 1 spiro atoms. The van der Waals surface area contributed by atoms with Crippen LogP contribution in [0.15, 0.2) is 0 Å². The fourth-order valence-electron chi connectivity index (χ4n) is 2.75. The fraction of sp³-hybridized carbons (Fsp3) is 1.00. The average molecular weight is 198 g/mol. The second-order valence-electron chi connectivity index (χ2n) is 4.66. The first-order valence-corrected chi connectivity index (χ1v) is 5.78. The molecule has 2 rings (SSSR count). The van der Waals surface area contributed by atoms with Crippen molar-refractivity contribution in [3.63, 3.8) is 0 Å². The van der Waals surface area contributed by atoms with E-state index in [9.17, 15) is 0 Å². The van der Waals surface area contributed by atoms with Gasteiger partial charge in [-0.05, 0) is 39.5 Å². The molecule has 0 unspecified atom stereocenters. The molecule has 0 aromatic rings. The van der Waals surface area contributed by atoms with Crippen LogP contribution in [0.1, 0.15) is 19.8 Å². The van der Waals surface area contributed by atoms with E-state index in [1.165, 1.54) is 32.5 Å². The van der Waals surface area contributed by atoms with Crippen molar-refractivity contribution in [2.45, 2.75) is 25.3 Å². The molecule has 14 heavy (non-hydrogen) atoms. The number of rotatable bonds is 1. The number of ether oxygens (including phenoxy) is 1. The molecule has 0 saturated carbocycles. The molecule has 2 saturated heterocycles. The summed E-state index contributed by atoms with van der Waals surface area (Å²) in [6.45, 7) is 8.89. The minimum Gasteiger partial charge on any atom is -0.378 e. The van der Waals surface area contributed by atoms with Crippen molar-refractivity contribution in [1.82, 2.24) is 9.80 Å². The van der Waals surface area contributed by atoms with Gasteiger partial charge in [0.2, 0.25) is 0 Å². The largest absolute Gasteiger partial charge is 0.378 e. The number of likely N-dealkylation sites (tertiary alicyclic amines) is 1. The van der Waals surface area contributed by atoms with Crippen molar-refractivity contribution in [2.24, 2.45) is 0 Å². The van der Waals surface area contributed by atoms with Crippen molar-refractivity contribution < 1.29 is 4.74 Å². The molecule has 2 fully saturated rings. The normalized spacial score (nSPS) is 29.6. The van der Waals surface area contributed by atoms with E-state index in [2.05, 4.69) is 23.8 Å². The lowest BCUT2D eigenvalue weighted by Gasteiger charge is -2.50. The van der Waals surface area contributed by atoms with E-state index in [-0.39, 0.29) is 0 Å². The molecular formula is C11H22N2O. The van der Waals surface area contributed by atoms with Gasteiger partial charge in [-0.2, -0.15) is 0 Å². The van der Waals surface area contributed by atoms with Crippen LogP contribution in [-0.4, -0.2) is 61.8 Å². The van der Waals surface area contributed by atoms with Crippen LogP contribution >= 0.6 is 0 Å². The molecule has 0 bridgehead atoms. The molecule has 0 atom stereocenters. The number of nitrogens with zero attached hydrogens (tertiary/aromatic N) is 2. The quantitative estimate of drug-likeness (QED) is 0.620. The lowest BCUT2D eigenvalue weighted by Crippen LogP contribution is -2.60. The molecule has 0 radical (unpaired) electrons. The van der Waals surface area contributed by atoms with Crippen molar-refractivity contribution in [3.8, 4) is 0 Å². The van der Waals surface area contributed by atoms with Crippen molar-refractivity contribution in [3.05, 3.63) is 0 Å². The Balaban J connectivity index is 2.03. The Kier molecular flexibility index (Phi) is 3.10. The summed E-state index contributed by atoms with van der Waals surface area (Å²) >= 11 is 0. The maximum absolute atomic E-state index is 5.67. The smallest absolute Gasteiger partial charge is 0.0652 e. The van der Waals surface area contributed by atoms with Gasteiger partial charge in [-0.15, -0.1) is 0 Å². The van der Waals surface area contributed by atoms with Crippen LogP contribution in [0, 0.1) is 0 Å². The molecule has 0 aliphatic carbocycles. The SMILES string of the molecule is CCN1CCOCC12CCN(C)CC2. The third-order valence-corrected chi connectivity index (χ3v) is 3.85. The molecule has 0 aromatic carbocycles. The predicted octanol–water partition coefficient (Wildman–Crippen LogP) is 0.803. The van der Waals surface area contributed by atoms with E-state index in [4.69, 9.17) is 4.74 Å². The third kappa shape index (κ3) is 1.81. The Labute approximate surface area is 87.0 Å². The number of hydrogen-bond acceptors (Lipinski definition) is 3. The van der Waals surface area contributed by atoms with Gasteiger partial charge in [-0.25, -0.2) is 0 Å². The number of piperidine rings is 1. The summed E-state index contributed by atoms with van der Waals surface area (Å²) in [5, 5.41) is 0. The Morgan fingerprint density at radius 1 is 1.21 bits per heavy atom. The number of morpholine rings is 1. The lowest BCUT2D eigenvalue weighted by atomic mass is 9.85. The summed E-state index contributed by atoms with van der Waals surface area (Å²) in [4.78, 5) is 5.05. The van der Waals surface area contributed by atoms with Crippen LogP contribution in [0.25, 0.3) is 0 Å². The molecule has 0 aromatic heterocycles. The van der Waals surface area contributed by atoms with Crippen molar-refractivity contribution >= 4 is 0 Å². The maximum Gasteiger partial charge on any atom is 0.0652 e. The van der Waals surface area contributed by atoms with E-state index >= 15 is 0 Å². The molecule has 3 nitrogen and oxygen atoms in total.